The number of sulfonamides is 1. The predicted octanol–water partition coefficient (Wildman–Crippen LogP) is 3.30. The summed E-state index contributed by atoms with van der Waals surface area (Å²) in [6.07, 6.45) is 5.44. The fourth-order valence-electron chi connectivity index (χ4n) is 1.79. The largest absolute Gasteiger partial charge is 0.241 e. The number of hydrogen-bond acceptors (Lipinski definition) is 2. The van der Waals surface area contributed by atoms with Crippen LogP contribution in [0.1, 0.15) is 17.2 Å². The average Bonchev–Trinajstić information content (AvgIpc) is 2.46. The number of benzene rings is 2. The van der Waals surface area contributed by atoms with Crippen molar-refractivity contribution in [3.05, 3.63) is 64.7 Å². The minimum atomic E-state index is -3.67. The Labute approximate surface area is 130 Å². The van der Waals surface area contributed by atoms with Gasteiger partial charge in [-0.2, -0.15) is 4.72 Å². The molecule has 108 valence electrons. The summed E-state index contributed by atoms with van der Waals surface area (Å²) in [5, 5.41) is 0.566. The molecule has 0 spiro atoms. The lowest BCUT2D eigenvalue weighted by molar-refractivity contribution is 0.576. The van der Waals surface area contributed by atoms with Gasteiger partial charge in [0.1, 0.15) is 6.04 Å². The Morgan fingerprint density at radius 1 is 1.10 bits per heavy atom. The fourth-order valence-corrected chi connectivity index (χ4v) is 3.07. The van der Waals surface area contributed by atoms with E-state index in [0.29, 0.717) is 10.6 Å². The number of rotatable bonds is 4. The lowest BCUT2D eigenvalue weighted by Gasteiger charge is -2.14. The lowest BCUT2D eigenvalue weighted by atomic mass is 10.1. The van der Waals surface area contributed by atoms with E-state index in [1.807, 2.05) is 6.92 Å². The van der Waals surface area contributed by atoms with Crippen molar-refractivity contribution in [3.8, 4) is 12.3 Å². The van der Waals surface area contributed by atoms with Gasteiger partial charge in [-0.15, -0.1) is 6.42 Å². The van der Waals surface area contributed by atoms with Crippen molar-refractivity contribution in [2.75, 3.05) is 0 Å². The van der Waals surface area contributed by atoms with E-state index in [1.165, 1.54) is 0 Å². The molecule has 0 saturated carbocycles. The molecule has 0 saturated heterocycles. The maximum Gasteiger partial charge on any atom is 0.241 e. The molecule has 0 bridgehead atoms. The Morgan fingerprint density at radius 2 is 1.67 bits per heavy atom. The van der Waals surface area contributed by atoms with Gasteiger partial charge < -0.3 is 0 Å². The topological polar surface area (TPSA) is 46.2 Å². The second kappa shape index (κ2) is 6.31. The highest BCUT2D eigenvalue weighted by Crippen LogP contribution is 2.19. The molecular weight excluding hydrogens is 306 g/mol. The monoisotopic (exact) mass is 319 g/mol. The minimum Gasteiger partial charge on any atom is -0.207 e. The molecule has 3 nitrogen and oxygen atoms in total. The zero-order valence-corrected chi connectivity index (χ0v) is 12.9. The first-order valence-corrected chi connectivity index (χ1v) is 8.09. The molecule has 0 aliphatic heterocycles. The Hall–Kier alpha value is -1.80. The van der Waals surface area contributed by atoms with Crippen LogP contribution in [0.4, 0.5) is 0 Å². The van der Waals surface area contributed by atoms with Gasteiger partial charge in [-0.25, -0.2) is 8.42 Å². The van der Waals surface area contributed by atoms with E-state index in [-0.39, 0.29) is 4.90 Å². The number of halogens is 1. The standard InChI is InChI=1S/C16H14ClNO2S/c1-3-16(13-6-8-14(17)9-7-13)18-21(19,20)15-10-4-12(2)5-11-15/h1,4-11,16,18H,2H3. The predicted molar refractivity (Wildman–Crippen MR) is 84.5 cm³/mol. The summed E-state index contributed by atoms with van der Waals surface area (Å²) in [6, 6.07) is 12.6. The summed E-state index contributed by atoms with van der Waals surface area (Å²) >= 11 is 5.81. The van der Waals surface area contributed by atoms with Crippen molar-refractivity contribution in [2.45, 2.75) is 17.9 Å². The number of hydrogen-bond donors (Lipinski definition) is 1. The molecule has 0 aliphatic rings. The van der Waals surface area contributed by atoms with E-state index in [2.05, 4.69) is 10.6 Å². The van der Waals surface area contributed by atoms with Crippen LogP contribution in [0.25, 0.3) is 0 Å². The van der Waals surface area contributed by atoms with Crippen LogP contribution in [0.15, 0.2) is 53.4 Å². The second-order valence-corrected chi connectivity index (χ2v) is 6.74. The van der Waals surface area contributed by atoms with Crippen molar-refractivity contribution in [3.63, 3.8) is 0 Å². The van der Waals surface area contributed by atoms with Crippen LogP contribution in [0, 0.1) is 19.3 Å². The van der Waals surface area contributed by atoms with Crippen molar-refractivity contribution in [1.29, 1.82) is 0 Å². The summed E-state index contributed by atoms with van der Waals surface area (Å²) in [5.41, 5.74) is 1.65. The molecular formula is C16H14ClNO2S. The molecule has 1 unspecified atom stereocenters. The molecule has 2 aromatic carbocycles. The third kappa shape index (κ3) is 3.85. The Morgan fingerprint density at radius 3 is 2.19 bits per heavy atom. The van der Waals surface area contributed by atoms with E-state index in [4.69, 9.17) is 18.0 Å². The normalized spacial score (nSPS) is 12.6. The quantitative estimate of drug-likeness (QED) is 0.879. The van der Waals surface area contributed by atoms with Gasteiger partial charge in [-0.3, -0.25) is 0 Å². The highest BCUT2D eigenvalue weighted by molar-refractivity contribution is 7.89. The Balaban J connectivity index is 2.27. The molecule has 1 atom stereocenters. The highest BCUT2D eigenvalue weighted by Gasteiger charge is 2.19. The van der Waals surface area contributed by atoms with Gasteiger partial charge in [-0.1, -0.05) is 47.4 Å². The zero-order chi connectivity index (χ0) is 15.5. The van der Waals surface area contributed by atoms with Gasteiger partial charge in [0, 0.05) is 5.02 Å². The third-order valence-electron chi connectivity index (χ3n) is 2.97. The first-order chi connectivity index (χ1) is 9.92. The van der Waals surface area contributed by atoms with Crippen molar-refractivity contribution in [2.24, 2.45) is 0 Å². The van der Waals surface area contributed by atoms with Gasteiger partial charge in [0.15, 0.2) is 0 Å². The van der Waals surface area contributed by atoms with Crippen molar-refractivity contribution < 1.29 is 8.42 Å². The van der Waals surface area contributed by atoms with E-state index in [1.54, 1.807) is 48.5 Å². The molecule has 5 heteroatoms. The second-order valence-electron chi connectivity index (χ2n) is 4.59. The smallest absolute Gasteiger partial charge is 0.207 e. The molecule has 2 aromatic rings. The number of nitrogens with one attached hydrogen (secondary N) is 1. The molecule has 0 radical (unpaired) electrons. The van der Waals surface area contributed by atoms with Gasteiger partial charge in [0.05, 0.1) is 4.90 Å². The van der Waals surface area contributed by atoms with Crippen molar-refractivity contribution >= 4 is 21.6 Å². The van der Waals surface area contributed by atoms with Crippen LogP contribution in [0.3, 0.4) is 0 Å². The average molecular weight is 320 g/mol. The van der Waals surface area contributed by atoms with Crippen LogP contribution < -0.4 is 4.72 Å². The molecule has 1 N–H and O–H groups in total. The number of aryl methyl sites for hydroxylation is 1. The van der Waals surface area contributed by atoms with Crippen LogP contribution in [0.5, 0.6) is 0 Å². The van der Waals surface area contributed by atoms with Gasteiger partial charge >= 0.3 is 0 Å². The lowest BCUT2D eigenvalue weighted by Crippen LogP contribution is -2.27. The summed E-state index contributed by atoms with van der Waals surface area (Å²) in [6.45, 7) is 1.89. The van der Waals surface area contributed by atoms with Gasteiger partial charge in [0.2, 0.25) is 10.0 Å². The molecule has 21 heavy (non-hydrogen) atoms. The minimum absolute atomic E-state index is 0.183. The molecule has 0 aliphatic carbocycles. The molecule has 0 amide bonds. The zero-order valence-electron chi connectivity index (χ0n) is 11.4. The first-order valence-electron chi connectivity index (χ1n) is 6.23. The third-order valence-corrected chi connectivity index (χ3v) is 4.67. The Kier molecular flexibility index (Phi) is 4.69. The summed E-state index contributed by atoms with van der Waals surface area (Å²) in [4.78, 5) is 0.183. The van der Waals surface area contributed by atoms with Crippen molar-refractivity contribution in [1.82, 2.24) is 4.72 Å². The van der Waals surface area contributed by atoms with E-state index in [9.17, 15) is 8.42 Å². The van der Waals surface area contributed by atoms with E-state index < -0.39 is 16.1 Å². The SMILES string of the molecule is C#CC(NS(=O)(=O)c1ccc(C)cc1)c1ccc(Cl)cc1. The van der Waals surface area contributed by atoms with Crippen LogP contribution in [0.2, 0.25) is 5.02 Å². The summed E-state index contributed by atoms with van der Waals surface area (Å²) < 4.78 is 27.1. The van der Waals surface area contributed by atoms with E-state index in [0.717, 1.165) is 5.56 Å². The van der Waals surface area contributed by atoms with Crippen LogP contribution in [-0.2, 0) is 10.0 Å². The van der Waals surface area contributed by atoms with Crippen LogP contribution >= 0.6 is 11.6 Å². The highest BCUT2D eigenvalue weighted by atomic mass is 35.5. The van der Waals surface area contributed by atoms with E-state index >= 15 is 0 Å². The maximum atomic E-state index is 12.3. The first kappa shape index (κ1) is 15.6. The molecule has 0 aromatic heterocycles. The number of terminal acetylenes is 1. The molecule has 0 heterocycles. The Bertz CT molecular complexity index is 759. The summed E-state index contributed by atoms with van der Waals surface area (Å²) in [7, 11) is -3.67. The summed E-state index contributed by atoms with van der Waals surface area (Å²) in [5.74, 6) is 2.44. The van der Waals surface area contributed by atoms with Gasteiger partial charge in [0.25, 0.3) is 0 Å². The van der Waals surface area contributed by atoms with Crippen LogP contribution in [-0.4, -0.2) is 8.42 Å². The fraction of sp³-hybridized carbons (Fsp3) is 0.125. The maximum absolute atomic E-state index is 12.3. The molecule has 0 fully saturated rings. The van der Waals surface area contributed by atoms with Gasteiger partial charge in [-0.05, 0) is 36.8 Å². The molecule has 2 rings (SSSR count).